The highest BCUT2D eigenvalue weighted by atomic mass is 16.5. The second-order valence-corrected chi connectivity index (χ2v) is 5.64. The zero-order valence-electron chi connectivity index (χ0n) is 15.1. The first-order valence-electron chi connectivity index (χ1n) is 8.13. The summed E-state index contributed by atoms with van der Waals surface area (Å²) in [5.74, 6) is -1.69. The van der Waals surface area contributed by atoms with Gasteiger partial charge in [0.1, 0.15) is 18.5 Å². The van der Waals surface area contributed by atoms with Crippen molar-refractivity contribution in [3.8, 4) is 5.75 Å². The van der Waals surface area contributed by atoms with E-state index in [1.54, 1.807) is 0 Å². The average molecular weight is 365 g/mol. The molecule has 26 heavy (non-hydrogen) atoms. The predicted molar refractivity (Wildman–Crippen MR) is 99.4 cm³/mol. The number of hydrogen-bond acceptors (Lipinski definition) is 5. The Kier molecular flexibility index (Phi) is 12.2. The lowest BCUT2D eigenvalue weighted by molar-refractivity contribution is -0.134. The van der Waals surface area contributed by atoms with E-state index in [1.807, 2.05) is 44.2 Å². The molecule has 0 unspecified atom stereocenters. The van der Waals surface area contributed by atoms with Crippen LogP contribution < -0.4 is 10.1 Å². The summed E-state index contributed by atoms with van der Waals surface area (Å²) in [7, 11) is 0. The van der Waals surface area contributed by atoms with Crippen LogP contribution in [0.25, 0.3) is 0 Å². The van der Waals surface area contributed by atoms with Crippen LogP contribution in [0.15, 0.2) is 49.1 Å². The summed E-state index contributed by atoms with van der Waals surface area (Å²) in [6, 6.07) is 8.20. The maximum atomic E-state index is 9.77. The topological polar surface area (TPSA) is 116 Å². The summed E-state index contributed by atoms with van der Waals surface area (Å²) in [5, 5.41) is 28.6. The third-order valence-electron chi connectivity index (χ3n) is 2.90. The molecule has 1 aromatic rings. The third kappa shape index (κ3) is 12.7. The molecule has 0 bridgehead atoms. The summed E-state index contributed by atoms with van der Waals surface area (Å²) in [6.45, 7) is 8.67. The van der Waals surface area contributed by atoms with E-state index in [0.29, 0.717) is 31.3 Å². The van der Waals surface area contributed by atoms with Gasteiger partial charge in [-0.2, -0.15) is 0 Å². The third-order valence-corrected chi connectivity index (χ3v) is 2.90. The second-order valence-electron chi connectivity index (χ2n) is 5.64. The van der Waals surface area contributed by atoms with E-state index < -0.39 is 18.0 Å². The fraction of sp³-hybridized carbons (Fsp3) is 0.368. The molecule has 0 aliphatic heterocycles. The number of aliphatic hydroxyl groups is 1. The number of carbonyl (C=O) groups is 2. The van der Waals surface area contributed by atoms with Crippen molar-refractivity contribution < 1.29 is 29.6 Å². The maximum absolute atomic E-state index is 9.77. The van der Waals surface area contributed by atoms with Gasteiger partial charge in [0.2, 0.25) is 0 Å². The molecule has 0 aromatic heterocycles. The van der Waals surface area contributed by atoms with Gasteiger partial charge in [-0.15, -0.1) is 6.58 Å². The van der Waals surface area contributed by atoms with Crippen molar-refractivity contribution >= 4 is 11.9 Å². The van der Waals surface area contributed by atoms with Crippen LogP contribution in [0.1, 0.15) is 19.4 Å². The summed E-state index contributed by atoms with van der Waals surface area (Å²) < 4.78 is 5.65. The van der Waals surface area contributed by atoms with E-state index in [4.69, 9.17) is 14.9 Å². The van der Waals surface area contributed by atoms with Crippen molar-refractivity contribution in [1.82, 2.24) is 5.32 Å². The van der Waals surface area contributed by atoms with Crippen LogP contribution in [-0.2, 0) is 16.0 Å². The van der Waals surface area contributed by atoms with Crippen molar-refractivity contribution in [2.24, 2.45) is 0 Å². The van der Waals surface area contributed by atoms with Crippen LogP contribution in [0.5, 0.6) is 5.75 Å². The Bertz CT molecular complexity index is 581. The molecule has 0 saturated carbocycles. The molecule has 0 saturated heterocycles. The molecule has 0 aliphatic rings. The van der Waals surface area contributed by atoms with Gasteiger partial charge in [-0.3, -0.25) is 0 Å². The number of hydrogen-bond donors (Lipinski definition) is 4. The highest BCUT2D eigenvalue weighted by Crippen LogP contribution is 2.18. The summed E-state index contributed by atoms with van der Waals surface area (Å²) in [4.78, 5) is 19.1. The van der Waals surface area contributed by atoms with Crippen LogP contribution in [0.4, 0.5) is 0 Å². The number of nitrogens with one attached hydrogen (secondary N) is 1. The highest BCUT2D eigenvalue weighted by Gasteiger charge is 2.07. The Labute approximate surface area is 153 Å². The Morgan fingerprint density at radius 1 is 1.19 bits per heavy atom. The molecule has 144 valence electrons. The molecule has 1 atom stereocenters. The Morgan fingerprint density at radius 3 is 2.27 bits per heavy atom. The first-order valence-corrected chi connectivity index (χ1v) is 8.13. The first kappa shape index (κ1) is 23.4. The molecule has 0 spiro atoms. The van der Waals surface area contributed by atoms with Crippen LogP contribution in [0.2, 0.25) is 0 Å². The Hall–Kier alpha value is -2.64. The van der Waals surface area contributed by atoms with Gasteiger partial charge < -0.3 is 25.4 Å². The molecule has 0 fully saturated rings. The van der Waals surface area contributed by atoms with Crippen molar-refractivity contribution in [1.29, 1.82) is 0 Å². The lowest BCUT2D eigenvalue weighted by atomic mass is 10.1. The normalized spacial score (nSPS) is 11.5. The average Bonchev–Trinajstić information content (AvgIpc) is 2.58. The van der Waals surface area contributed by atoms with Crippen molar-refractivity contribution in [3.63, 3.8) is 0 Å². The lowest BCUT2D eigenvalue weighted by Crippen LogP contribution is -2.35. The molecular weight excluding hydrogens is 338 g/mol. The van der Waals surface area contributed by atoms with Gasteiger partial charge in [-0.1, -0.05) is 38.1 Å². The molecule has 7 nitrogen and oxygen atoms in total. The zero-order chi connectivity index (χ0) is 19.9. The number of allylic oxidation sites excluding steroid dienone is 1. The number of aliphatic carboxylic acids is 2. The van der Waals surface area contributed by atoms with E-state index in [1.165, 1.54) is 0 Å². The van der Waals surface area contributed by atoms with Gasteiger partial charge in [0.25, 0.3) is 0 Å². The summed E-state index contributed by atoms with van der Waals surface area (Å²) >= 11 is 0. The fourth-order valence-electron chi connectivity index (χ4n) is 1.73. The summed E-state index contributed by atoms with van der Waals surface area (Å²) in [5.41, 5.74) is 1.09. The molecule has 0 amide bonds. The maximum Gasteiger partial charge on any atom is 0.328 e. The fourth-order valence-corrected chi connectivity index (χ4v) is 1.73. The van der Waals surface area contributed by atoms with Crippen LogP contribution in [0.3, 0.4) is 0 Å². The molecule has 7 heteroatoms. The number of carboxylic acids is 2. The van der Waals surface area contributed by atoms with Crippen LogP contribution in [-0.4, -0.2) is 52.6 Å². The second kappa shape index (κ2) is 13.6. The van der Waals surface area contributed by atoms with Gasteiger partial charge in [-0.05, 0) is 18.1 Å². The number of para-hydroxylation sites is 1. The monoisotopic (exact) mass is 365 g/mol. The van der Waals surface area contributed by atoms with Crippen molar-refractivity contribution in [2.45, 2.75) is 32.4 Å². The smallest absolute Gasteiger partial charge is 0.328 e. The number of ether oxygens (including phenoxy) is 1. The van der Waals surface area contributed by atoms with Crippen LogP contribution in [0, 0.1) is 0 Å². The zero-order valence-corrected chi connectivity index (χ0v) is 15.1. The molecule has 0 radical (unpaired) electrons. The van der Waals surface area contributed by atoms with Crippen molar-refractivity contribution in [3.05, 3.63) is 54.6 Å². The standard InChI is InChI=1S/C15H23NO2.C4H4O4/c1-4-7-13-8-5-6-9-15(13)18-11-14(17)10-16-12(2)3;5-3(6)1-2-4(7)8/h4-6,8-9,12,14,16-17H,1,7,10-11H2,2-3H3;1-2H,(H,5,6)(H,7,8)/t14-;/m0./s1. The molecule has 1 aromatic carbocycles. The van der Waals surface area contributed by atoms with Gasteiger partial charge in [0.15, 0.2) is 0 Å². The number of rotatable bonds is 10. The largest absolute Gasteiger partial charge is 0.491 e. The van der Waals surface area contributed by atoms with Gasteiger partial charge in [0, 0.05) is 24.7 Å². The molecular formula is C19H27NO6. The quantitative estimate of drug-likeness (QED) is 0.369. The van der Waals surface area contributed by atoms with Gasteiger partial charge in [0.05, 0.1) is 0 Å². The van der Waals surface area contributed by atoms with E-state index in [2.05, 4.69) is 11.9 Å². The van der Waals surface area contributed by atoms with Gasteiger partial charge >= 0.3 is 11.9 Å². The number of aliphatic hydroxyl groups excluding tert-OH is 1. The molecule has 1 rings (SSSR count). The summed E-state index contributed by atoms with van der Waals surface area (Å²) in [6.07, 6.45) is 3.24. The number of carboxylic acid groups (broad SMARTS) is 2. The van der Waals surface area contributed by atoms with Gasteiger partial charge in [-0.25, -0.2) is 9.59 Å². The highest BCUT2D eigenvalue weighted by molar-refractivity contribution is 5.89. The molecule has 0 aliphatic carbocycles. The SMILES string of the molecule is C=CCc1ccccc1OC[C@@H](O)CNC(C)C.O=C(O)C=CC(=O)O. The van der Waals surface area contributed by atoms with E-state index in [0.717, 1.165) is 17.7 Å². The Balaban J connectivity index is 0.000000660. The Morgan fingerprint density at radius 2 is 1.77 bits per heavy atom. The minimum absolute atomic E-state index is 0.299. The van der Waals surface area contributed by atoms with Crippen LogP contribution >= 0.6 is 0 Å². The van der Waals surface area contributed by atoms with E-state index in [-0.39, 0.29) is 0 Å². The minimum Gasteiger partial charge on any atom is -0.491 e. The minimum atomic E-state index is -1.26. The molecule has 0 heterocycles. The number of benzene rings is 1. The molecule has 4 N–H and O–H groups in total. The predicted octanol–water partition coefficient (Wildman–Crippen LogP) is 1.86. The first-order chi connectivity index (χ1) is 12.3. The van der Waals surface area contributed by atoms with Crippen molar-refractivity contribution in [2.75, 3.05) is 13.2 Å². The lowest BCUT2D eigenvalue weighted by Gasteiger charge is -2.16. The van der Waals surface area contributed by atoms with E-state index in [9.17, 15) is 14.7 Å². The van der Waals surface area contributed by atoms with E-state index >= 15 is 0 Å².